The summed E-state index contributed by atoms with van der Waals surface area (Å²) in [7, 11) is 0. The van der Waals surface area contributed by atoms with Crippen LogP contribution in [0.4, 0.5) is 0 Å². The van der Waals surface area contributed by atoms with Gasteiger partial charge in [0, 0.05) is 19.4 Å². The highest BCUT2D eigenvalue weighted by Crippen LogP contribution is 2.67. The smallest absolute Gasteiger partial charge is 0.136 e. The molecule has 0 aromatic carbocycles. The highest BCUT2D eigenvalue weighted by atomic mass is 16.1. The van der Waals surface area contributed by atoms with Crippen LogP contribution in [0, 0.1) is 40.4 Å². The number of carbonyl (C=O) groups excluding carboxylic acids is 1. The number of rotatable bonds is 2. The third-order valence-corrected chi connectivity index (χ3v) is 9.95. The van der Waals surface area contributed by atoms with Gasteiger partial charge in [-0.15, -0.1) is 0 Å². The maximum absolute atomic E-state index is 12.2. The molecule has 2 unspecified atom stereocenters. The van der Waals surface area contributed by atoms with E-state index in [1.165, 1.54) is 57.2 Å². The van der Waals surface area contributed by atoms with Gasteiger partial charge in [0.05, 0.1) is 0 Å². The van der Waals surface area contributed by atoms with Crippen molar-refractivity contribution < 1.29 is 4.79 Å². The second kappa shape index (κ2) is 6.83. The van der Waals surface area contributed by atoms with E-state index >= 15 is 0 Å². The van der Waals surface area contributed by atoms with Crippen LogP contribution in [0.15, 0.2) is 23.3 Å². The van der Waals surface area contributed by atoms with Crippen LogP contribution in [0.3, 0.4) is 0 Å². The van der Waals surface area contributed by atoms with Crippen molar-refractivity contribution in [3.8, 4) is 0 Å². The van der Waals surface area contributed by atoms with Gasteiger partial charge < -0.3 is 5.32 Å². The number of allylic oxidation sites excluding steroid dienone is 3. The first-order valence-corrected chi connectivity index (χ1v) is 12.1. The minimum absolute atomic E-state index is 0.292. The summed E-state index contributed by atoms with van der Waals surface area (Å²) in [5.74, 6) is 4.36. The Hall–Kier alpha value is -0.890. The number of fused-ring (bicyclic) bond motifs is 5. The van der Waals surface area contributed by atoms with Crippen LogP contribution in [0.1, 0.15) is 78.6 Å². The monoisotopic (exact) mass is 381 g/mol. The van der Waals surface area contributed by atoms with Crippen molar-refractivity contribution in [3.05, 3.63) is 23.3 Å². The molecule has 4 aliphatic carbocycles. The molecule has 0 radical (unpaired) electrons. The molecule has 3 fully saturated rings. The fourth-order valence-corrected chi connectivity index (χ4v) is 8.39. The lowest BCUT2D eigenvalue weighted by Gasteiger charge is -2.59. The van der Waals surface area contributed by atoms with E-state index in [2.05, 4.69) is 38.2 Å². The van der Waals surface area contributed by atoms with Crippen molar-refractivity contribution in [2.45, 2.75) is 78.6 Å². The second-order valence-electron chi connectivity index (χ2n) is 11.1. The molecule has 154 valence electrons. The van der Waals surface area contributed by atoms with Crippen LogP contribution >= 0.6 is 0 Å². The van der Waals surface area contributed by atoms with E-state index in [0.717, 1.165) is 42.9 Å². The molecular weight excluding hydrogens is 342 g/mol. The van der Waals surface area contributed by atoms with Gasteiger partial charge in [-0.25, -0.2) is 0 Å². The molecule has 1 heterocycles. The van der Waals surface area contributed by atoms with Crippen molar-refractivity contribution in [2.75, 3.05) is 13.1 Å². The van der Waals surface area contributed by atoms with E-state index < -0.39 is 0 Å². The molecule has 0 aromatic heterocycles. The first-order chi connectivity index (χ1) is 13.5. The lowest BCUT2D eigenvalue weighted by Crippen LogP contribution is -2.53. The molecular formula is C26H39NO. The highest BCUT2D eigenvalue weighted by molar-refractivity contribution is 5.82. The maximum Gasteiger partial charge on any atom is 0.136 e. The molecule has 5 aliphatic rings. The molecule has 0 spiro atoms. The fourth-order valence-electron chi connectivity index (χ4n) is 8.39. The van der Waals surface area contributed by atoms with Gasteiger partial charge in [0.25, 0.3) is 0 Å². The Kier molecular flexibility index (Phi) is 4.66. The summed E-state index contributed by atoms with van der Waals surface area (Å²) < 4.78 is 0. The van der Waals surface area contributed by atoms with E-state index in [0.29, 0.717) is 22.5 Å². The standard InChI is InChI=1S/C26H39NO/c1-4-17-14-19-15-20(28)9-11-25(19,2)23-10-12-26(3)21(7-8-22(26)24(17)23)18-6-5-13-27-16-18/h7,14,17-18,22-24,27H,4-6,8-13,15-16H2,1-3H3/t17?,18?,22-,23+,24-,25-,26+/m0/s1. The SMILES string of the molecule is CCC1C=C2CC(=O)CC[C@]2(C)[C@@H]2CC[C@]3(C)C(C4CCCNC4)=CC[C@H]3[C@H]12. The molecule has 2 nitrogen and oxygen atoms in total. The minimum Gasteiger partial charge on any atom is -0.316 e. The van der Waals surface area contributed by atoms with Crippen LogP contribution in [0.25, 0.3) is 0 Å². The summed E-state index contributed by atoms with van der Waals surface area (Å²) in [4.78, 5) is 12.2. The summed E-state index contributed by atoms with van der Waals surface area (Å²) >= 11 is 0. The van der Waals surface area contributed by atoms with Crippen molar-refractivity contribution in [1.29, 1.82) is 0 Å². The van der Waals surface area contributed by atoms with E-state index in [9.17, 15) is 4.79 Å². The zero-order valence-electron chi connectivity index (χ0n) is 18.2. The van der Waals surface area contributed by atoms with Gasteiger partial charge in [-0.2, -0.15) is 0 Å². The zero-order valence-corrected chi connectivity index (χ0v) is 18.2. The van der Waals surface area contributed by atoms with Crippen molar-refractivity contribution >= 4 is 5.78 Å². The summed E-state index contributed by atoms with van der Waals surface area (Å²) in [6.07, 6.45) is 15.9. The predicted molar refractivity (Wildman–Crippen MR) is 115 cm³/mol. The van der Waals surface area contributed by atoms with Gasteiger partial charge in [-0.05, 0) is 91.9 Å². The molecule has 0 bridgehead atoms. The summed E-state index contributed by atoms with van der Waals surface area (Å²) in [6, 6.07) is 0. The molecule has 7 atom stereocenters. The van der Waals surface area contributed by atoms with Crippen molar-refractivity contribution in [2.24, 2.45) is 40.4 Å². The molecule has 1 aliphatic heterocycles. The molecule has 1 saturated heterocycles. The van der Waals surface area contributed by atoms with Crippen molar-refractivity contribution in [3.63, 3.8) is 0 Å². The highest BCUT2D eigenvalue weighted by Gasteiger charge is 2.59. The number of ketones is 1. The third kappa shape index (κ3) is 2.66. The van der Waals surface area contributed by atoms with Crippen LogP contribution in [0.5, 0.6) is 0 Å². The molecule has 2 heteroatoms. The summed E-state index contributed by atoms with van der Waals surface area (Å²) in [5, 5.41) is 3.67. The Morgan fingerprint density at radius 1 is 1.14 bits per heavy atom. The van der Waals surface area contributed by atoms with Gasteiger partial charge in [0.2, 0.25) is 0 Å². The van der Waals surface area contributed by atoms with Gasteiger partial charge >= 0.3 is 0 Å². The first kappa shape index (κ1) is 19.1. The van der Waals surface area contributed by atoms with Gasteiger partial charge in [-0.1, -0.05) is 44.1 Å². The quantitative estimate of drug-likeness (QED) is 0.623. The topological polar surface area (TPSA) is 29.1 Å². The minimum atomic E-state index is 0.292. The lowest BCUT2D eigenvalue weighted by molar-refractivity contribution is -0.122. The summed E-state index contributed by atoms with van der Waals surface area (Å²) in [5.41, 5.74) is 4.05. The summed E-state index contributed by atoms with van der Waals surface area (Å²) in [6.45, 7) is 9.93. The second-order valence-corrected chi connectivity index (χ2v) is 11.1. The van der Waals surface area contributed by atoms with Crippen LogP contribution < -0.4 is 5.32 Å². The normalized spacial score (nSPS) is 48.2. The largest absolute Gasteiger partial charge is 0.316 e. The van der Waals surface area contributed by atoms with Crippen LogP contribution in [0.2, 0.25) is 0 Å². The van der Waals surface area contributed by atoms with Crippen LogP contribution in [-0.4, -0.2) is 18.9 Å². The number of piperidine rings is 1. The number of carbonyl (C=O) groups is 1. The Balaban J connectivity index is 1.49. The van der Waals surface area contributed by atoms with Crippen LogP contribution in [-0.2, 0) is 4.79 Å². The molecule has 5 rings (SSSR count). The Morgan fingerprint density at radius 3 is 2.75 bits per heavy atom. The molecule has 1 N–H and O–H groups in total. The Morgan fingerprint density at radius 2 is 2.00 bits per heavy atom. The average molecular weight is 382 g/mol. The van der Waals surface area contributed by atoms with Gasteiger partial charge in [0.1, 0.15) is 5.78 Å². The lowest BCUT2D eigenvalue weighted by atomic mass is 9.45. The number of hydrogen-bond acceptors (Lipinski definition) is 2. The number of hydrogen-bond donors (Lipinski definition) is 1. The van der Waals surface area contributed by atoms with E-state index in [1.807, 2.05) is 5.57 Å². The molecule has 0 amide bonds. The van der Waals surface area contributed by atoms with Gasteiger partial charge in [-0.3, -0.25) is 4.79 Å². The Labute approximate surface area is 171 Å². The molecule has 2 saturated carbocycles. The van der Waals surface area contributed by atoms with E-state index in [1.54, 1.807) is 0 Å². The van der Waals surface area contributed by atoms with Gasteiger partial charge in [0.15, 0.2) is 0 Å². The van der Waals surface area contributed by atoms with Crippen molar-refractivity contribution in [1.82, 2.24) is 5.32 Å². The number of nitrogens with one attached hydrogen (secondary N) is 1. The fraction of sp³-hybridized carbons (Fsp3) is 0.808. The van der Waals surface area contributed by atoms with E-state index in [4.69, 9.17) is 0 Å². The Bertz CT molecular complexity index is 714. The maximum atomic E-state index is 12.2. The third-order valence-electron chi connectivity index (χ3n) is 9.95. The molecule has 28 heavy (non-hydrogen) atoms. The first-order valence-electron chi connectivity index (χ1n) is 12.1. The zero-order chi connectivity index (χ0) is 19.5. The van der Waals surface area contributed by atoms with E-state index in [-0.39, 0.29) is 0 Å². The average Bonchev–Trinajstić information content (AvgIpc) is 3.06. The number of Topliss-reactive ketones (excluding diaryl/α,β-unsaturated/α-hetero) is 1. The molecule has 0 aromatic rings. The predicted octanol–water partition coefficient (Wildman–Crippen LogP) is 5.69.